The summed E-state index contributed by atoms with van der Waals surface area (Å²) in [6.07, 6.45) is 2.91. The lowest BCUT2D eigenvalue weighted by Crippen LogP contribution is -2.11. The number of rotatable bonds is 12. The van der Waals surface area contributed by atoms with E-state index in [-0.39, 0.29) is 11.8 Å². The Balaban J connectivity index is 1.80. The zero-order valence-electron chi connectivity index (χ0n) is 17.9. The number of hydrogen-bond donors (Lipinski definition) is 2. The third kappa shape index (κ3) is 5.29. The lowest BCUT2D eigenvalue weighted by molar-refractivity contribution is 0.286. The van der Waals surface area contributed by atoms with Gasteiger partial charge in [-0.05, 0) is 44.1 Å². The lowest BCUT2D eigenvalue weighted by Gasteiger charge is -2.10. The molecule has 0 aliphatic carbocycles. The van der Waals surface area contributed by atoms with Crippen molar-refractivity contribution >= 4 is 17.0 Å². The minimum Gasteiger partial charge on any atom is -0.494 e. The smallest absolute Gasteiger partial charge is 0.320 e. The number of aromatic nitrogens is 4. The highest BCUT2D eigenvalue weighted by molar-refractivity contribution is 5.83. The molecule has 0 amide bonds. The summed E-state index contributed by atoms with van der Waals surface area (Å²) in [5.41, 5.74) is 8.23. The fraction of sp³-hybridized carbons (Fsp3) is 0.476. The van der Waals surface area contributed by atoms with E-state index in [2.05, 4.69) is 27.2 Å². The predicted molar refractivity (Wildman–Crippen MR) is 116 cm³/mol. The van der Waals surface area contributed by atoms with Gasteiger partial charge in [-0.15, -0.1) is 0 Å². The van der Waals surface area contributed by atoms with E-state index in [1.807, 2.05) is 35.9 Å². The second kappa shape index (κ2) is 10.6. The molecule has 0 aliphatic rings. The fourth-order valence-electron chi connectivity index (χ4n) is 2.96. The molecule has 3 rings (SSSR count). The van der Waals surface area contributed by atoms with E-state index in [9.17, 15) is 0 Å². The first-order valence-electron chi connectivity index (χ1n) is 10.2. The van der Waals surface area contributed by atoms with Crippen LogP contribution in [0, 0.1) is 0 Å². The molecule has 9 nitrogen and oxygen atoms in total. The summed E-state index contributed by atoms with van der Waals surface area (Å²) < 4.78 is 18.7. The lowest BCUT2D eigenvalue weighted by atomic mass is 10.2. The second-order valence-electron chi connectivity index (χ2n) is 6.90. The average molecular weight is 415 g/mol. The third-order valence-corrected chi connectivity index (χ3v) is 4.58. The number of ether oxygens (including phenoxy) is 3. The average Bonchev–Trinajstić information content (AvgIpc) is 3.11. The monoisotopic (exact) mass is 414 g/mol. The molecule has 0 saturated heterocycles. The number of imidazole rings is 1. The SMILES string of the molecule is CCCCOc1nc(N)c2nc(OC)n(Cc3ccc(OCCCNC)cc3)c2n1. The van der Waals surface area contributed by atoms with Gasteiger partial charge in [0, 0.05) is 0 Å². The number of nitrogen functional groups attached to an aromatic ring is 1. The Morgan fingerprint density at radius 1 is 1.03 bits per heavy atom. The van der Waals surface area contributed by atoms with Gasteiger partial charge in [-0.2, -0.15) is 15.0 Å². The van der Waals surface area contributed by atoms with Gasteiger partial charge in [0.2, 0.25) is 0 Å². The molecule has 0 aliphatic heterocycles. The maximum atomic E-state index is 6.10. The Labute approximate surface area is 176 Å². The Hall–Kier alpha value is -3.07. The largest absolute Gasteiger partial charge is 0.494 e. The van der Waals surface area contributed by atoms with Gasteiger partial charge >= 0.3 is 6.01 Å². The van der Waals surface area contributed by atoms with Gasteiger partial charge in [-0.25, -0.2) is 0 Å². The van der Waals surface area contributed by atoms with Crippen LogP contribution in [0.1, 0.15) is 31.7 Å². The summed E-state index contributed by atoms with van der Waals surface area (Å²) in [5, 5.41) is 3.11. The first kappa shape index (κ1) is 21.6. The molecule has 0 unspecified atom stereocenters. The van der Waals surface area contributed by atoms with Crippen LogP contribution < -0.4 is 25.3 Å². The van der Waals surface area contributed by atoms with Crippen LogP contribution in [0.2, 0.25) is 0 Å². The molecule has 0 fully saturated rings. The summed E-state index contributed by atoms with van der Waals surface area (Å²) in [5.74, 6) is 1.12. The molecule has 0 saturated carbocycles. The number of unbranched alkanes of at least 4 members (excludes halogenated alkanes) is 1. The van der Waals surface area contributed by atoms with Gasteiger partial charge in [0.15, 0.2) is 17.0 Å². The zero-order chi connectivity index (χ0) is 21.3. The minimum absolute atomic E-state index is 0.252. The van der Waals surface area contributed by atoms with E-state index in [0.717, 1.165) is 37.1 Å². The number of hydrogen-bond acceptors (Lipinski definition) is 8. The maximum Gasteiger partial charge on any atom is 0.320 e. The summed E-state index contributed by atoms with van der Waals surface area (Å²) >= 11 is 0. The van der Waals surface area contributed by atoms with Gasteiger partial charge in [-0.3, -0.25) is 4.57 Å². The maximum absolute atomic E-state index is 6.10. The molecule has 2 aromatic heterocycles. The van der Waals surface area contributed by atoms with E-state index >= 15 is 0 Å². The van der Waals surface area contributed by atoms with Crippen molar-refractivity contribution in [3.05, 3.63) is 29.8 Å². The van der Waals surface area contributed by atoms with Crippen molar-refractivity contribution in [2.45, 2.75) is 32.7 Å². The molecule has 0 spiro atoms. The molecule has 9 heteroatoms. The van der Waals surface area contributed by atoms with Gasteiger partial charge in [0.25, 0.3) is 6.01 Å². The number of fused-ring (bicyclic) bond motifs is 1. The summed E-state index contributed by atoms with van der Waals surface area (Å²) in [7, 11) is 3.50. The van der Waals surface area contributed by atoms with Crippen molar-refractivity contribution in [1.82, 2.24) is 24.8 Å². The first-order chi connectivity index (χ1) is 14.7. The van der Waals surface area contributed by atoms with Gasteiger partial charge in [-0.1, -0.05) is 25.5 Å². The Bertz CT molecular complexity index is 942. The van der Waals surface area contributed by atoms with Crippen LogP contribution in [0.25, 0.3) is 11.2 Å². The molecule has 0 radical (unpaired) electrons. The van der Waals surface area contributed by atoms with Crippen LogP contribution in [0.3, 0.4) is 0 Å². The molecule has 162 valence electrons. The number of methoxy groups -OCH3 is 1. The van der Waals surface area contributed by atoms with Crippen molar-refractivity contribution in [1.29, 1.82) is 0 Å². The Morgan fingerprint density at radius 3 is 2.50 bits per heavy atom. The normalized spacial score (nSPS) is 11.0. The highest BCUT2D eigenvalue weighted by atomic mass is 16.5. The minimum atomic E-state index is 0.252. The Kier molecular flexibility index (Phi) is 7.67. The van der Waals surface area contributed by atoms with E-state index in [0.29, 0.717) is 36.9 Å². The summed E-state index contributed by atoms with van der Waals surface area (Å²) in [6.45, 7) is 4.77. The summed E-state index contributed by atoms with van der Waals surface area (Å²) in [6, 6.07) is 8.63. The number of nitrogens with two attached hydrogens (primary N) is 1. The topological polar surface area (TPSA) is 109 Å². The molecule has 2 heterocycles. The van der Waals surface area contributed by atoms with Crippen LogP contribution >= 0.6 is 0 Å². The quantitative estimate of drug-likeness (QED) is 0.435. The highest BCUT2D eigenvalue weighted by Crippen LogP contribution is 2.26. The molecule has 3 aromatic rings. The van der Waals surface area contributed by atoms with E-state index in [1.54, 1.807) is 7.11 Å². The second-order valence-corrected chi connectivity index (χ2v) is 6.90. The molecular formula is C21H30N6O3. The summed E-state index contributed by atoms with van der Waals surface area (Å²) in [4.78, 5) is 13.2. The van der Waals surface area contributed by atoms with Crippen LogP contribution in [-0.2, 0) is 6.54 Å². The standard InChI is InChI=1S/C21H30N6O3/c1-4-5-12-30-20-25-18(22)17-19(26-20)27(21(24-17)28-3)14-15-7-9-16(10-8-15)29-13-6-11-23-2/h7-10,23H,4-6,11-14H2,1-3H3,(H2,22,25,26). The van der Waals surface area contributed by atoms with Crippen molar-refractivity contribution in [3.63, 3.8) is 0 Å². The van der Waals surface area contributed by atoms with Crippen molar-refractivity contribution in [2.75, 3.05) is 39.6 Å². The molecule has 1 aromatic carbocycles. The van der Waals surface area contributed by atoms with Crippen molar-refractivity contribution in [2.24, 2.45) is 0 Å². The van der Waals surface area contributed by atoms with Gasteiger partial charge in [0.05, 0.1) is 26.9 Å². The van der Waals surface area contributed by atoms with Crippen LogP contribution in [0.5, 0.6) is 17.8 Å². The van der Waals surface area contributed by atoms with Crippen LogP contribution in [-0.4, -0.2) is 53.4 Å². The molecule has 0 bridgehead atoms. The zero-order valence-corrected chi connectivity index (χ0v) is 17.9. The highest BCUT2D eigenvalue weighted by Gasteiger charge is 2.18. The molecule has 3 N–H and O–H groups in total. The predicted octanol–water partition coefficient (Wildman–Crippen LogP) is 2.63. The number of anilines is 1. The fourth-order valence-corrected chi connectivity index (χ4v) is 2.96. The number of nitrogens with one attached hydrogen (secondary N) is 1. The Morgan fingerprint density at radius 2 is 1.80 bits per heavy atom. The molecule has 30 heavy (non-hydrogen) atoms. The van der Waals surface area contributed by atoms with Crippen molar-refractivity contribution < 1.29 is 14.2 Å². The van der Waals surface area contributed by atoms with Crippen molar-refractivity contribution in [3.8, 4) is 17.8 Å². The van der Waals surface area contributed by atoms with Crippen LogP contribution in [0.15, 0.2) is 24.3 Å². The number of nitrogens with zero attached hydrogens (tertiary/aromatic N) is 4. The number of benzene rings is 1. The van der Waals surface area contributed by atoms with Gasteiger partial charge in [0.1, 0.15) is 5.75 Å². The van der Waals surface area contributed by atoms with E-state index in [4.69, 9.17) is 19.9 Å². The third-order valence-electron chi connectivity index (χ3n) is 4.58. The van der Waals surface area contributed by atoms with E-state index < -0.39 is 0 Å². The first-order valence-corrected chi connectivity index (χ1v) is 10.2. The van der Waals surface area contributed by atoms with Gasteiger partial charge < -0.3 is 25.3 Å². The molecule has 0 atom stereocenters. The molecular weight excluding hydrogens is 384 g/mol. The van der Waals surface area contributed by atoms with Crippen LogP contribution in [0.4, 0.5) is 5.82 Å². The van der Waals surface area contributed by atoms with E-state index in [1.165, 1.54) is 0 Å².